The molecule has 6 nitrogen and oxygen atoms in total. The third-order valence-electron chi connectivity index (χ3n) is 6.18. The Labute approximate surface area is 180 Å². The number of benzene rings is 1. The Kier molecular flexibility index (Phi) is 5.33. The van der Waals surface area contributed by atoms with Gasteiger partial charge in [-0.25, -0.2) is 9.37 Å². The van der Waals surface area contributed by atoms with E-state index >= 15 is 0 Å². The van der Waals surface area contributed by atoms with E-state index in [2.05, 4.69) is 14.9 Å². The number of carbonyl (C=O) groups excluding carboxylic acids is 1. The normalized spacial score (nSPS) is 24.4. The van der Waals surface area contributed by atoms with Crippen molar-refractivity contribution in [3.63, 3.8) is 0 Å². The standard InChI is InChI=1S/C22H24ClFN4O2/c23-18-8-15(4-5-19(18)24)22(29)28-7-1-6-27-13-17(9-16(27)12-28)30-21-11-25-20(10-26-21)14-2-3-14/h4-5,8,10-11,14,16-17H,1-3,6-7,9,12-13H2. The van der Waals surface area contributed by atoms with Gasteiger partial charge in [0.2, 0.25) is 5.88 Å². The Balaban J connectivity index is 1.22. The maximum absolute atomic E-state index is 13.4. The predicted molar refractivity (Wildman–Crippen MR) is 110 cm³/mol. The van der Waals surface area contributed by atoms with E-state index in [4.69, 9.17) is 16.3 Å². The molecule has 2 unspecified atom stereocenters. The van der Waals surface area contributed by atoms with Gasteiger partial charge in [0, 0.05) is 50.1 Å². The lowest BCUT2D eigenvalue weighted by Crippen LogP contribution is -2.39. The van der Waals surface area contributed by atoms with Crippen LogP contribution in [0.25, 0.3) is 0 Å². The molecule has 0 bridgehead atoms. The van der Waals surface area contributed by atoms with Crippen LogP contribution in [0, 0.1) is 5.82 Å². The van der Waals surface area contributed by atoms with Crippen molar-refractivity contribution < 1.29 is 13.9 Å². The Hall–Kier alpha value is -2.25. The summed E-state index contributed by atoms with van der Waals surface area (Å²) in [6.07, 6.45) is 7.71. The molecule has 0 radical (unpaired) electrons. The van der Waals surface area contributed by atoms with Crippen LogP contribution in [0.4, 0.5) is 4.39 Å². The third-order valence-corrected chi connectivity index (χ3v) is 6.47. The Bertz CT molecular complexity index is 937. The average molecular weight is 431 g/mol. The van der Waals surface area contributed by atoms with Gasteiger partial charge in [0.05, 0.1) is 23.1 Å². The lowest BCUT2D eigenvalue weighted by Gasteiger charge is -2.25. The molecule has 1 amide bonds. The zero-order chi connectivity index (χ0) is 20.7. The van der Waals surface area contributed by atoms with Gasteiger partial charge in [0.25, 0.3) is 5.91 Å². The SMILES string of the molecule is O=C(c1ccc(F)c(Cl)c1)N1CCCN2CC(Oc3cnc(C4CC4)cn3)CC2C1. The van der Waals surface area contributed by atoms with E-state index in [9.17, 15) is 9.18 Å². The molecule has 8 heteroatoms. The highest BCUT2D eigenvalue weighted by molar-refractivity contribution is 6.31. The summed E-state index contributed by atoms with van der Waals surface area (Å²) in [7, 11) is 0. The second kappa shape index (κ2) is 8.12. The summed E-state index contributed by atoms with van der Waals surface area (Å²) in [6, 6.07) is 4.38. The molecule has 158 valence electrons. The molecule has 30 heavy (non-hydrogen) atoms. The van der Waals surface area contributed by atoms with Crippen molar-refractivity contribution in [2.75, 3.05) is 26.2 Å². The van der Waals surface area contributed by atoms with Gasteiger partial charge < -0.3 is 9.64 Å². The van der Waals surface area contributed by atoms with Crippen molar-refractivity contribution in [3.05, 3.63) is 52.7 Å². The first-order chi connectivity index (χ1) is 14.6. The minimum absolute atomic E-state index is 0.0274. The molecule has 2 saturated heterocycles. The van der Waals surface area contributed by atoms with Crippen LogP contribution in [-0.2, 0) is 0 Å². The average Bonchev–Trinajstić information content (AvgIpc) is 3.55. The highest BCUT2D eigenvalue weighted by atomic mass is 35.5. The van der Waals surface area contributed by atoms with Crippen LogP contribution < -0.4 is 4.74 Å². The minimum atomic E-state index is -0.515. The molecule has 0 N–H and O–H groups in total. The molecule has 2 aliphatic heterocycles. The van der Waals surface area contributed by atoms with E-state index in [1.54, 1.807) is 6.20 Å². The Morgan fingerprint density at radius 3 is 2.77 bits per heavy atom. The van der Waals surface area contributed by atoms with Crippen LogP contribution in [0.3, 0.4) is 0 Å². The molecule has 1 aromatic carbocycles. The van der Waals surface area contributed by atoms with Gasteiger partial charge in [-0.05, 0) is 37.5 Å². The van der Waals surface area contributed by atoms with Crippen molar-refractivity contribution in [2.24, 2.45) is 0 Å². The van der Waals surface area contributed by atoms with Gasteiger partial charge in [-0.15, -0.1) is 0 Å². The van der Waals surface area contributed by atoms with Crippen molar-refractivity contribution in [2.45, 2.75) is 43.7 Å². The molecule has 3 fully saturated rings. The number of amides is 1. The maximum Gasteiger partial charge on any atom is 0.253 e. The van der Waals surface area contributed by atoms with Crippen LogP contribution in [-0.4, -0.2) is 64.0 Å². The van der Waals surface area contributed by atoms with Crippen molar-refractivity contribution >= 4 is 17.5 Å². The van der Waals surface area contributed by atoms with Crippen LogP contribution in [0.5, 0.6) is 5.88 Å². The molecule has 3 aliphatic rings. The monoisotopic (exact) mass is 430 g/mol. The molecular formula is C22H24ClFN4O2. The summed E-state index contributed by atoms with van der Waals surface area (Å²) in [6.45, 7) is 3.05. The van der Waals surface area contributed by atoms with Crippen LogP contribution in [0.2, 0.25) is 5.02 Å². The van der Waals surface area contributed by atoms with Gasteiger partial charge in [-0.2, -0.15) is 0 Å². The highest BCUT2D eigenvalue weighted by Gasteiger charge is 2.37. The first-order valence-corrected chi connectivity index (χ1v) is 10.9. The fourth-order valence-electron chi connectivity index (χ4n) is 4.44. The number of hydrogen-bond acceptors (Lipinski definition) is 5. The molecule has 3 heterocycles. The molecule has 5 rings (SSSR count). The molecule has 2 aromatic rings. The Morgan fingerprint density at radius 2 is 2.03 bits per heavy atom. The molecule has 1 aromatic heterocycles. The van der Waals surface area contributed by atoms with Gasteiger partial charge in [0.15, 0.2) is 0 Å². The zero-order valence-electron chi connectivity index (χ0n) is 16.6. The van der Waals surface area contributed by atoms with E-state index in [0.717, 1.165) is 31.6 Å². The molecule has 1 saturated carbocycles. The number of ether oxygens (including phenoxy) is 1. The van der Waals surface area contributed by atoms with Gasteiger partial charge >= 0.3 is 0 Å². The first kappa shape index (κ1) is 19.7. The maximum atomic E-state index is 13.4. The van der Waals surface area contributed by atoms with Crippen molar-refractivity contribution in [1.82, 2.24) is 19.8 Å². The second-order valence-corrected chi connectivity index (χ2v) is 8.82. The lowest BCUT2D eigenvalue weighted by atomic mass is 10.1. The van der Waals surface area contributed by atoms with Gasteiger partial charge in [-0.1, -0.05) is 11.6 Å². The summed E-state index contributed by atoms with van der Waals surface area (Å²) in [5, 5.41) is -0.0274. The fourth-order valence-corrected chi connectivity index (χ4v) is 4.62. The van der Waals surface area contributed by atoms with Crippen LogP contribution in [0.1, 0.15) is 47.7 Å². The van der Waals surface area contributed by atoms with Crippen LogP contribution in [0.15, 0.2) is 30.6 Å². The van der Waals surface area contributed by atoms with Crippen LogP contribution >= 0.6 is 11.6 Å². The smallest absolute Gasteiger partial charge is 0.253 e. The largest absolute Gasteiger partial charge is 0.472 e. The predicted octanol–water partition coefficient (Wildman–Crippen LogP) is 3.51. The number of fused-ring (bicyclic) bond motifs is 1. The second-order valence-electron chi connectivity index (χ2n) is 8.41. The molecule has 1 aliphatic carbocycles. The lowest BCUT2D eigenvalue weighted by molar-refractivity contribution is 0.0742. The summed E-state index contributed by atoms with van der Waals surface area (Å²) >= 11 is 5.86. The summed E-state index contributed by atoms with van der Waals surface area (Å²) in [4.78, 5) is 26.1. The molecular weight excluding hydrogens is 407 g/mol. The van der Waals surface area contributed by atoms with Crippen molar-refractivity contribution in [3.8, 4) is 5.88 Å². The first-order valence-electron chi connectivity index (χ1n) is 10.5. The third kappa shape index (κ3) is 4.14. The number of rotatable bonds is 4. The number of halogens is 2. The highest BCUT2D eigenvalue weighted by Crippen LogP contribution is 2.38. The van der Waals surface area contributed by atoms with Gasteiger partial charge in [-0.3, -0.25) is 14.7 Å². The summed E-state index contributed by atoms with van der Waals surface area (Å²) in [5.41, 5.74) is 1.48. The fraction of sp³-hybridized carbons (Fsp3) is 0.500. The van der Waals surface area contributed by atoms with E-state index in [0.29, 0.717) is 30.5 Å². The minimum Gasteiger partial charge on any atom is -0.472 e. The van der Waals surface area contributed by atoms with E-state index < -0.39 is 5.82 Å². The molecule has 2 atom stereocenters. The molecule has 0 spiro atoms. The summed E-state index contributed by atoms with van der Waals surface area (Å²) in [5.74, 6) is 0.523. The van der Waals surface area contributed by atoms with E-state index in [-0.39, 0.29) is 23.1 Å². The number of carbonyl (C=O) groups is 1. The van der Waals surface area contributed by atoms with E-state index in [1.807, 2.05) is 11.1 Å². The zero-order valence-corrected chi connectivity index (χ0v) is 17.4. The number of nitrogens with zero attached hydrogens (tertiary/aromatic N) is 4. The number of hydrogen-bond donors (Lipinski definition) is 0. The quantitative estimate of drug-likeness (QED) is 0.742. The summed E-state index contributed by atoms with van der Waals surface area (Å²) < 4.78 is 19.5. The van der Waals surface area contributed by atoms with Crippen molar-refractivity contribution in [1.29, 1.82) is 0 Å². The van der Waals surface area contributed by atoms with Gasteiger partial charge in [0.1, 0.15) is 11.9 Å². The number of aromatic nitrogens is 2. The Morgan fingerprint density at radius 1 is 1.17 bits per heavy atom. The topological polar surface area (TPSA) is 58.6 Å². The van der Waals surface area contributed by atoms with E-state index in [1.165, 1.54) is 31.0 Å².